The number of nitrogens with one attached hydrogen (secondary N) is 2. The van der Waals surface area contributed by atoms with Crippen molar-refractivity contribution in [3.05, 3.63) is 30.3 Å². The number of esters is 1. The van der Waals surface area contributed by atoms with Crippen LogP contribution in [0.4, 0.5) is 10.5 Å². The van der Waals surface area contributed by atoms with Gasteiger partial charge in [-0.05, 0) is 19.1 Å². The average molecular weight is 307 g/mol. The van der Waals surface area contributed by atoms with E-state index in [1.807, 2.05) is 6.07 Å². The number of carbonyl (C=O) groups excluding carboxylic acids is 3. The molecule has 0 aliphatic heterocycles. The van der Waals surface area contributed by atoms with E-state index in [1.165, 1.54) is 11.8 Å². The number of hydrogen-bond donors (Lipinski definition) is 2. The van der Waals surface area contributed by atoms with E-state index in [2.05, 4.69) is 10.6 Å². The molecule has 2 N–H and O–H groups in total. The number of nitrogens with zero attached hydrogens (tertiary/aromatic N) is 1. The summed E-state index contributed by atoms with van der Waals surface area (Å²) in [6.45, 7) is 1.64. The molecule has 1 atom stereocenters. The van der Waals surface area contributed by atoms with E-state index in [9.17, 15) is 14.4 Å². The van der Waals surface area contributed by atoms with Crippen LogP contribution < -0.4 is 10.6 Å². The first-order valence-corrected chi connectivity index (χ1v) is 6.90. The highest BCUT2D eigenvalue weighted by atomic mass is 16.5. The molecule has 0 heterocycles. The van der Waals surface area contributed by atoms with Crippen LogP contribution in [0.15, 0.2) is 30.3 Å². The molecule has 0 radical (unpaired) electrons. The maximum absolute atomic E-state index is 11.6. The summed E-state index contributed by atoms with van der Waals surface area (Å²) in [6.07, 6.45) is -0.839. The number of carbonyl (C=O) groups is 3. The van der Waals surface area contributed by atoms with Crippen LogP contribution in [0.5, 0.6) is 0 Å². The summed E-state index contributed by atoms with van der Waals surface area (Å²) in [5.41, 5.74) is 0.660. The largest absolute Gasteiger partial charge is 0.452 e. The Bertz CT molecular complexity index is 517. The molecule has 120 valence electrons. The van der Waals surface area contributed by atoms with Gasteiger partial charge in [-0.1, -0.05) is 18.2 Å². The number of para-hydroxylation sites is 1. The topological polar surface area (TPSA) is 87.7 Å². The van der Waals surface area contributed by atoms with Crippen LogP contribution >= 0.6 is 0 Å². The second kappa shape index (κ2) is 8.66. The number of urea groups is 1. The van der Waals surface area contributed by atoms with Crippen molar-refractivity contribution in [1.82, 2.24) is 10.2 Å². The predicted molar refractivity (Wildman–Crippen MR) is 82.3 cm³/mol. The van der Waals surface area contributed by atoms with Crippen molar-refractivity contribution in [2.75, 3.05) is 26.0 Å². The number of ether oxygens (including phenoxy) is 1. The number of anilines is 1. The molecule has 1 aromatic carbocycles. The molecule has 22 heavy (non-hydrogen) atoms. The zero-order chi connectivity index (χ0) is 16.5. The van der Waals surface area contributed by atoms with Crippen molar-refractivity contribution in [3.63, 3.8) is 0 Å². The molecule has 0 unspecified atom stereocenters. The number of hydrogen-bond acceptors (Lipinski definition) is 4. The van der Waals surface area contributed by atoms with E-state index in [1.54, 1.807) is 38.4 Å². The molecule has 7 heteroatoms. The summed E-state index contributed by atoms with van der Waals surface area (Å²) in [5, 5.41) is 5.17. The second-order valence-corrected chi connectivity index (χ2v) is 4.86. The maximum Gasteiger partial charge on any atom is 0.319 e. The molecule has 0 aliphatic rings. The van der Waals surface area contributed by atoms with Gasteiger partial charge in [0, 0.05) is 26.3 Å². The van der Waals surface area contributed by atoms with Gasteiger partial charge in [0.2, 0.25) is 0 Å². The minimum atomic E-state index is -0.833. The zero-order valence-electron chi connectivity index (χ0n) is 13.0. The van der Waals surface area contributed by atoms with Crippen LogP contribution in [0, 0.1) is 0 Å². The minimum absolute atomic E-state index is 0.00669. The first-order valence-electron chi connectivity index (χ1n) is 6.90. The molecular weight excluding hydrogens is 286 g/mol. The fourth-order valence-electron chi connectivity index (χ4n) is 1.64. The van der Waals surface area contributed by atoms with Gasteiger partial charge in [-0.25, -0.2) is 4.79 Å². The van der Waals surface area contributed by atoms with Gasteiger partial charge in [-0.15, -0.1) is 0 Å². The first-order chi connectivity index (χ1) is 10.4. The Balaban J connectivity index is 2.25. The molecule has 0 fully saturated rings. The summed E-state index contributed by atoms with van der Waals surface area (Å²) in [5.74, 6) is -0.828. The SMILES string of the molecule is C[C@H](OC(=O)CCNC(=O)Nc1ccccc1)C(=O)N(C)C. The molecule has 0 aliphatic carbocycles. The Morgan fingerprint density at radius 3 is 2.41 bits per heavy atom. The molecule has 0 bridgehead atoms. The van der Waals surface area contributed by atoms with Crippen LogP contribution in [0.25, 0.3) is 0 Å². The fourth-order valence-corrected chi connectivity index (χ4v) is 1.64. The van der Waals surface area contributed by atoms with Crippen molar-refractivity contribution in [2.24, 2.45) is 0 Å². The highest BCUT2D eigenvalue weighted by Crippen LogP contribution is 2.04. The third-order valence-corrected chi connectivity index (χ3v) is 2.74. The van der Waals surface area contributed by atoms with Crippen molar-refractivity contribution in [1.29, 1.82) is 0 Å². The molecule has 0 saturated carbocycles. The van der Waals surface area contributed by atoms with E-state index >= 15 is 0 Å². The van der Waals surface area contributed by atoms with Gasteiger partial charge in [0.25, 0.3) is 5.91 Å². The lowest BCUT2D eigenvalue weighted by molar-refractivity contribution is -0.157. The number of amides is 3. The highest BCUT2D eigenvalue weighted by molar-refractivity contribution is 5.89. The predicted octanol–water partition coefficient (Wildman–Crippen LogP) is 1.22. The van der Waals surface area contributed by atoms with Gasteiger partial charge >= 0.3 is 12.0 Å². The quantitative estimate of drug-likeness (QED) is 0.774. The summed E-state index contributed by atoms with van der Waals surface area (Å²) in [7, 11) is 3.17. The van der Waals surface area contributed by atoms with Crippen molar-refractivity contribution in [3.8, 4) is 0 Å². The van der Waals surface area contributed by atoms with Crippen molar-refractivity contribution < 1.29 is 19.1 Å². The maximum atomic E-state index is 11.6. The van der Waals surface area contributed by atoms with Crippen molar-refractivity contribution in [2.45, 2.75) is 19.4 Å². The smallest absolute Gasteiger partial charge is 0.319 e. The number of likely N-dealkylation sites (N-methyl/N-ethyl adjacent to an activating group) is 1. The molecular formula is C15H21N3O4. The Morgan fingerprint density at radius 2 is 1.82 bits per heavy atom. The lowest BCUT2D eigenvalue weighted by atomic mass is 10.3. The van der Waals surface area contributed by atoms with E-state index in [-0.39, 0.29) is 18.9 Å². The second-order valence-electron chi connectivity index (χ2n) is 4.86. The van der Waals surface area contributed by atoms with Gasteiger partial charge in [-0.3, -0.25) is 9.59 Å². The lowest BCUT2D eigenvalue weighted by Gasteiger charge is -2.17. The standard InChI is InChI=1S/C15H21N3O4/c1-11(14(20)18(2)3)22-13(19)9-10-16-15(21)17-12-7-5-4-6-8-12/h4-8,11H,9-10H2,1-3H3,(H2,16,17,21)/t11-/m0/s1. The van der Waals surface area contributed by atoms with Gasteiger partial charge in [0.05, 0.1) is 6.42 Å². The lowest BCUT2D eigenvalue weighted by Crippen LogP contribution is -2.36. The average Bonchev–Trinajstić information content (AvgIpc) is 2.47. The third-order valence-electron chi connectivity index (χ3n) is 2.74. The molecule has 3 amide bonds. The molecule has 1 rings (SSSR count). The monoisotopic (exact) mass is 307 g/mol. The summed E-state index contributed by atoms with van der Waals surface area (Å²) < 4.78 is 4.97. The van der Waals surface area contributed by atoms with Crippen LogP contribution in [-0.4, -0.2) is 49.6 Å². The Morgan fingerprint density at radius 1 is 1.18 bits per heavy atom. The molecule has 0 aromatic heterocycles. The highest BCUT2D eigenvalue weighted by Gasteiger charge is 2.19. The molecule has 7 nitrogen and oxygen atoms in total. The fraction of sp³-hybridized carbons (Fsp3) is 0.400. The van der Waals surface area contributed by atoms with E-state index < -0.39 is 18.1 Å². The van der Waals surface area contributed by atoms with Gasteiger partial charge in [0.15, 0.2) is 6.10 Å². The number of benzene rings is 1. The summed E-state index contributed by atoms with van der Waals surface area (Å²) in [4.78, 5) is 36.0. The van der Waals surface area contributed by atoms with E-state index in [4.69, 9.17) is 4.74 Å². The number of rotatable bonds is 6. The summed E-state index contributed by atoms with van der Waals surface area (Å²) in [6, 6.07) is 8.54. The van der Waals surface area contributed by atoms with Gasteiger partial charge in [-0.2, -0.15) is 0 Å². The molecule has 1 aromatic rings. The first kappa shape index (κ1) is 17.5. The van der Waals surface area contributed by atoms with Crippen LogP contribution in [0.1, 0.15) is 13.3 Å². The summed E-state index contributed by atoms with van der Waals surface area (Å²) >= 11 is 0. The molecule has 0 spiro atoms. The van der Waals surface area contributed by atoms with E-state index in [0.717, 1.165) is 0 Å². The Labute approximate surface area is 129 Å². The van der Waals surface area contributed by atoms with Gasteiger partial charge in [0.1, 0.15) is 0 Å². The molecule has 0 saturated heterocycles. The van der Waals surface area contributed by atoms with Crippen molar-refractivity contribution >= 4 is 23.6 Å². The third kappa shape index (κ3) is 6.25. The van der Waals surface area contributed by atoms with E-state index in [0.29, 0.717) is 5.69 Å². The normalized spacial score (nSPS) is 11.2. The van der Waals surface area contributed by atoms with Crippen LogP contribution in [0.2, 0.25) is 0 Å². The Hall–Kier alpha value is -2.57. The van der Waals surface area contributed by atoms with Crippen LogP contribution in [-0.2, 0) is 14.3 Å². The zero-order valence-corrected chi connectivity index (χ0v) is 13.0. The minimum Gasteiger partial charge on any atom is -0.452 e. The Kier molecular flexibility index (Phi) is 6.88. The van der Waals surface area contributed by atoms with Crippen LogP contribution in [0.3, 0.4) is 0 Å². The van der Waals surface area contributed by atoms with Gasteiger partial charge < -0.3 is 20.3 Å².